The summed E-state index contributed by atoms with van der Waals surface area (Å²) in [5, 5.41) is 11.2. The molecule has 1 fully saturated rings. The second-order valence-electron chi connectivity index (χ2n) is 10.2. The second-order valence-corrected chi connectivity index (χ2v) is 10.2. The Morgan fingerprint density at radius 1 is 1.05 bits per heavy atom. The molecular formula is C29H32F2N6O3. The van der Waals surface area contributed by atoms with Gasteiger partial charge in [-0.15, -0.1) is 10.2 Å². The lowest BCUT2D eigenvalue weighted by Crippen LogP contribution is -2.42. The molecule has 0 saturated carbocycles. The summed E-state index contributed by atoms with van der Waals surface area (Å²) in [5.74, 6) is 0.0121. The molecule has 1 aliphatic rings. The number of carbonyl (C=O) groups is 1. The Balaban J connectivity index is 1.46. The van der Waals surface area contributed by atoms with Crippen molar-refractivity contribution in [2.24, 2.45) is 0 Å². The summed E-state index contributed by atoms with van der Waals surface area (Å²) in [4.78, 5) is 18.8. The van der Waals surface area contributed by atoms with E-state index in [9.17, 15) is 13.6 Å². The lowest BCUT2D eigenvalue weighted by molar-refractivity contribution is -0.107. The Morgan fingerprint density at radius 2 is 1.75 bits per heavy atom. The third-order valence-electron chi connectivity index (χ3n) is 7.53. The van der Waals surface area contributed by atoms with E-state index < -0.39 is 12.3 Å². The quantitative estimate of drug-likeness (QED) is 0.247. The topological polar surface area (TPSA) is 91.7 Å². The predicted molar refractivity (Wildman–Crippen MR) is 147 cm³/mol. The minimum Gasteiger partial charge on any atom is -0.415 e. The number of aryl methyl sites for hydroxylation is 2. The molecule has 5 rings (SSSR count). The number of hydrogen-bond acceptors (Lipinski definition) is 8. The third kappa shape index (κ3) is 5.60. The zero-order valence-electron chi connectivity index (χ0n) is 23.0. The first-order valence-electron chi connectivity index (χ1n) is 13.2. The van der Waals surface area contributed by atoms with Crippen LogP contribution in [0.5, 0.6) is 0 Å². The number of piperidine rings is 1. The number of halogens is 2. The number of hydrogen-bond donors (Lipinski definition) is 0. The molecule has 3 heterocycles. The predicted octanol–water partition coefficient (Wildman–Crippen LogP) is 5.64. The van der Waals surface area contributed by atoms with E-state index in [1.165, 1.54) is 0 Å². The number of amides is 1. The van der Waals surface area contributed by atoms with Crippen LogP contribution in [0.3, 0.4) is 0 Å². The fourth-order valence-electron chi connectivity index (χ4n) is 5.25. The van der Waals surface area contributed by atoms with Gasteiger partial charge < -0.3 is 23.6 Å². The first-order chi connectivity index (χ1) is 19.2. The molecule has 4 aromatic rings. The molecule has 1 aliphatic heterocycles. The van der Waals surface area contributed by atoms with Gasteiger partial charge in [-0.1, -0.05) is 23.4 Å². The Hall–Kier alpha value is -4.12. The highest BCUT2D eigenvalue weighted by Gasteiger charge is 2.25. The van der Waals surface area contributed by atoms with Crippen molar-refractivity contribution < 1.29 is 22.5 Å². The van der Waals surface area contributed by atoms with E-state index in [1.54, 1.807) is 17.0 Å². The van der Waals surface area contributed by atoms with Crippen molar-refractivity contribution in [3.63, 3.8) is 0 Å². The number of likely N-dealkylation sites (tertiary alicyclic amines) is 1. The lowest BCUT2D eigenvalue weighted by Gasteiger charge is -2.38. The van der Waals surface area contributed by atoms with Crippen molar-refractivity contribution in [3.8, 4) is 22.6 Å². The van der Waals surface area contributed by atoms with Gasteiger partial charge in [0.05, 0.1) is 23.6 Å². The average Bonchev–Trinajstić information content (AvgIpc) is 3.59. The molecule has 0 atom stereocenters. The molecule has 11 heteroatoms. The molecule has 0 bridgehead atoms. The summed E-state index contributed by atoms with van der Waals surface area (Å²) < 4.78 is 36.2. The Kier molecular flexibility index (Phi) is 7.92. The number of aromatic nitrogens is 3. The number of nitrogens with zero attached hydrogens (tertiary/aromatic N) is 6. The zero-order valence-corrected chi connectivity index (χ0v) is 23.0. The monoisotopic (exact) mass is 550 g/mol. The SMILES string of the molecule is Cc1noc(C)c1-c1ccc(N(C)C2CCN(C)CC2)c(N(C=O)Cc2ccc(-c3nnc(C(F)F)o3)cc2)c1. The largest absolute Gasteiger partial charge is 0.415 e. The van der Waals surface area contributed by atoms with Gasteiger partial charge in [0.2, 0.25) is 12.3 Å². The first kappa shape index (κ1) is 27.4. The van der Waals surface area contributed by atoms with Gasteiger partial charge in [-0.05, 0) is 82.2 Å². The van der Waals surface area contributed by atoms with E-state index in [2.05, 4.69) is 45.3 Å². The lowest BCUT2D eigenvalue weighted by atomic mass is 9.99. The molecule has 40 heavy (non-hydrogen) atoms. The van der Waals surface area contributed by atoms with Crippen LogP contribution in [-0.4, -0.2) is 59.9 Å². The molecule has 0 unspecified atom stereocenters. The smallest absolute Gasteiger partial charge is 0.314 e. The van der Waals surface area contributed by atoms with Gasteiger partial charge in [-0.2, -0.15) is 8.78 Å². The molecule has 9 nitrogen and oxygen atoms in total. The van der Waals surface area contributed by atoms with Crippen molar-refractivity contribution >= 4 is 17.8 Å². The average molecular weight is 551 g/mol. The molecule has 1 amide bonds. The Morgan fingerprint density at radius 3 is 2.35 bits per heavy atom. The Bertz CT molecular complexity index is 1440. The van der Waals surface area contributed by atoms with E-state index in [0.717, 1.165) is 66.1 Å². The minimum atomic E-state index is -2.83. The fourth-order valence-corrected chi connectivity index (χ4v) is 5.25. The molecule has 0 aliphatic carbocycles. The summed E-state index contributed by atoms with van der Waals surface area (Å²) in [6, 6.07) is 13.5. The van der Waals surface area contributed by atoms with Crippen molar-refractivity contribution in [1.82, 2.24) is 20.3 Å². The molecule has 210 valence electrons. The van der Waals surface area contributed by atoms with Gasteiger partial charge in [-0.25, -0.2) is 0 Å². The highest BCUT2D eigenvalue weighted by atomic mass is 19.3. The van der Waals surface area contributed by atoms with Crippen LogP contribution in [0, 0.1) is 13.8 Å². The number of carbonyl (C=O) groups excluding carboxylic acids is 1. The maximum Gasteiger partial charge on any atom is 0.314 e. The maximum atomic E-state index is 12.8. The van der Waals surface area contributed by atoms with Gasteiger partial charge in [-0.3, -0.25) is 4.79 Å². The normalized spacial score (nSPS) is 14.6. The molecule has 0 N–H and O–H groups in total. The van der Waals surface area contributed by atoms with E-state index in [1.807, 2.05) is 38.1 Å². The van der Waals surface area contributed by atoms with Gasteiger partial charge in [0.15, 0.2) is 0 Å². The van der Waals surface area contributed by atoms with Crippen molar-refractivity contribution in [3.05, 3.63) is 65.4 Å². The van der Waals surface area contributed by atoms with E-state index >= 15 is 0 Å². The molecular weight excluding hydrogens is 518 g/mol. The van der Waals surface area contributed by atoms with Crippen molar-refractivity contribution in [2.45, 2.75) is 45.7 Å². The summed E-state index contributed by atoms with van der Waals surface area (Å²) in [6.07, 6.45) is 0.0662. The van der Waals surface area contributed by atoms with Crippen LogP contribution in [0.4, 0.5) is 20.2 Å². The van der Waals surface area contributed by atoms with Gasteiger partial charge in [0.1, 0.15) is 5.76 Å². The molecule has 2 aromatic heterocycles. The third-order valence-corrected chi connectivity index (χ3v) is 7.53. The van der Waals surface area contributed by atoms with Crippen LogP contribution in [0.25, 0.3) is 22.6 Å². The highest BCUT2D eigenvalue weighted by Crippen LogP contribution is 2.38. The zero-order chi connectivity index (χ0) is 28.4. The Labute approximate surface area is 231 Å². The molecule has 2 aromatic carbocycles. The number of benzene rings is 2. The van der Waals surface area contributed by atoms with Crippen LogP contribution in [0.15, 0.2) is 51.4 Å². The first-order valence-corrected chi connectivity index (χ1v) is 13.2. The van der Waals surface area contributed by atoms with Crippen LogP contribution < -0.4 is 9.80 Å². The molecule has 0 radical (unpaired) electrons. The summed E-state index contributed by atoms with van der Waals surface area (Å²) in [5.41, 5.74) is 5.71. The molecule has 1 saturated heterocycles. The second kappa shape index (κ2) is 11.5. The summed E-state index contributed by atoms with van der Waals surface area (Å²) in [7, 11) is 4.22. The van der Waals surface area contributed by atoms with Crippen molar-refractivity contribution in [1.29, 1.82) is 0 Å². The van der Waals surface area contributed by atoms with Gasteiger partial charge in [0.25, 0.3) is 5.89 Å². The van der Waals surface area contributed by atoms with Crippen LogP contribution in [0.1, 0.15) is 42.2 Å². The fraction of sp³-hybridized carbons (Fsp3) is 0.379. The standard InChI is InChI=1S/C29H32F2N6O3/c1-18-26(19(2)40-34-18)22-9-10-24(36(4)23-11-13-35(3)14-12-23)25(15-22)37(17-38)16-20-5-7-21(8-6-20)28-32-33-29(39-28)27(30)31/h5-10,15,17,23,27H,11-14,16H2,1-4H3. The van der Waals surface area contributed by atoms with Crippen molar-refractivity contribution in [2.75, 3.05) is 37.0 Å². The summed E-state index contributed by atoms with van der Waals surface area (Å²) >= 11 is 0. The van der Waals surface area contributed by atoms with Gasteiger partial charge in [0, 0.05) is 24.2 Å². The number of anilines is 2. The number of alkyl halides is 2. The van der Waals surface area contributed by atoms with E-state index in [4.69, 9.17) is 8.94 Å². The summed E-state index contributed by atoms with van der Waals surface area (Å²) in [6.45, 7) is 6.11. The van der Waals surface area contributed by atoms with Crippen LogP contribution in [0.2, 0.25) is 0 Å². The minimum absolute atomic E-state index is 0.0169. The number of rotatable bonds is 9. The van der Waals surface area contributed by atoms with Gasteiger partial charge >= 0.3 is 6.43 Å². The van der Waals surface area contributed by atoms with Crippen LogP contribution in [-0.2, 0) is 11.3 Å². The van der Waals surface area contributed by atoms with E-state index in [0.29, 0.717) is 23.9 Å². The van der Waals surface area contributed by atoms with E-state index in [-0.39, 0.29) is 5.89 Å². The highest BCUT2D eigenvalue weighted by molar-refractivity contribution is 5.88. The maximum absolute atomic E-state index is 12.8. The van der Waals surface area contributed by atoms with Crippen LogP contribution >= 0.6 is 0 Å². The molecule has 0 spiro atoms.